The third kappa shape index (κ3) is 10.7. The van der Waals surface area contributed by atoms with Crippen LogP contribution in [0.2, 0.25) is 0 Å². The number of hydrogen-bond donors (Lipinski definition) is 3. The highest BCUT2D eigenvalue weighted by molar-refractivity contribution is 5.99. The Hall–Kier alpha value is -3.81. The Kier molecular flexibility index (Phi) is 11.4. The molecule has 2 aromatic rings. The molecule has 0 spiro atoms. The van der Waals surface area contributed by atoms with Crippen LogP contribution in [0.3, 0.4) is 0 Å². The van der Waals surface area contributed by atoms with E-state index in [0.29, 0.717) is 17.9 Å². The third-order valence-corrected chi connectivity index (χ3v) is 5.76. The average Bonchev–Trinajstić information content (AvgIpc) is 2.84. The van der Waals surface area contributed by atoms with E-state index in [0.717, 1.165) is 5.56 Å². The van der Waals surface area contributed by atoms with Crippen LogP contribution in [0.25, 0.3) is 0 Å². The van der Waals surface area contributed by atoms with Gasteiger partial charge in [0.15, 0.2) is 0 Å². The smallest absolute Gasteiger partial charge is 0.408 e. The molecule has 0 aromatic heterocycles. The van der Waals surface area contributed by atoms with Crippen LogP contribution in [0.15, 0.2) is 66.7 Å². The van der Waals surface area contributed by atoms with Crippen molar-refractivity contribution < 1.29 is 23.9 Å². The summed E-state index contributed by atoms with van der Waals surface area (Å²) in [6, 6.07) is 15.7. The highest BCUT2D eigenvalue weighted by Gasteiger charge is 2.29. The molecule has 38 heavy (non-hydrogen) atoms. The fourth-order valence-electron chi connectivity index (χ4n) is 3.77. The van der Waals surface area contributed by atoms with E-state index in [1.165, 1.54) is 6.08 Å². The molecule has 0 aliphatic heterocycles. The Bertz CT molecular complexity index is 1080. The number of benzene rings is 2. The van der Waals surface area contributed by atoms with Crippen LogP contribution in [-0.2, 0) is 20.7 Å². The fourth-order valence-corrected chi connectivity index (χ4v) is 3.77. The first-order valence-corrected chi connectivity index (χ1v) is 12.8. The molecular formula is C30H41N3O5. The molecule has 206 valence electrons. The summed E-state index contributed by atoms with van der Waals surface area (Å²) >= 11 is 0. The number of carbonyl (C=O) groups excluding carboxylic acids is 3. The molecule has 3 N–H and O–H groups in total. The van der Waals surface area contributed by atoms with E-state index in [1.54, 1.807) is 58.2 Å². The van der Waals surface area contributed by atoms with Gasteiger partial charge in [0.2, 0.25) is 11.8 Å². The second-order valence-electron chi connectivity index (χ2n) is 10.6. The molecule has 2 aromatic carbocycles. The zero-order valence-corrected chi connectivity index (χ0v) is 23.4. The third-order valence-electron chi connectivity index (χ3n) is 5.76. The lowest BCUT2D eigenvalue weighted by Crippen LogP contribution is -2.53. The van der Waals surface area contributed by atoms with E-state index in [1.807, 2.05) is 51.1 Å². The van der Waals surface area contributed by atoms with Crippen molar-refractivity contribution in [3.05, 3.63) is 72.3 Å². The topological polar surface area (TPSA) is 106 Å². The lowest BCUT2D eigenvalue weighted by Gasteiger charge is -2.28. The monoisotopic (exact) mass is 523 g/mol. The summed E-state index contributed by atoms with van der Waals surface area (Å²) in [4.78, 5) is 38.3. The SMILES string of the molecule is COc1ccc(NC(=O)/C=C/[C@@H](NC(=O)C(NC(=O)OC(C)(C)C)C(C)C)C(C)Cc2ccccc2)cc1. The Morgan fingerprint density at radius 2 is 1.55 bits per heavy atom. The van der Waals surface area contributed by atoms with Gasteiger partial charge in [-0.1, -0.05) is 57.2 Å². The van der Waals surface area contributed by atoms with Crippen LogP contribution < -0.4 is 20.7 Å². The van der Waals surface area contributed by atoms with Gasteiger partial charge in [0, 0.05) is 11.8 Å². The number of nitrogens with one attached hydrogen (secondary N) is 3. The van der Waals surface area contributed by atoms with Gasteiger partial charge < -0.3 is 25.4 Å². The molecule has 0 aliphatic rings. The van der Waals surface area contributed by atoms with E-state index in [9.17, 15) is 14.4 Å². The van der Waals surface area contributed by atoms with Crippen molar-refractivity contribution in [2.75, 3.05) is 12.4 Å². The number of ether oxygens (including phenoxy) is 2. The Labute approximate surface area is 226 Å². The van der Waals surface area contributed by atoms with Gasteiger partial charge in [0.1, 0.15) is 17.4 Å². The van der Waals surface area contributed by atoms with Crippen molar-refractivity contribution in [2.45, 2.75) is 65.6 Å². The van der Waals surface area contributed by atoms with Crippen LogP contribution in [0.5, 0.6) is 5.75 Å². The van der Waals surface area contributed by atoms with E-state index in [2.05, 4.69) is 16.0 Å². The summed E-state index contributed by atoms with van der Waals surface area (Å²) in [5, 5.41) is 8.53. The minimum Gasteiger partial charge on any atom is -0.497 e. The lowest BCUT2D eigenvalue weighted by atomic mass is 9.92. The van der Waals surface area contributed by atoms with Crippen molar-refractivity contribution >= 4 is 23.6 Å². The molecular weight excluding hydrogens is 482 g/mol. The van der Waals surface area contributed by atoms with Crippen molar-refractivity contribution in [3.63, 3.8) is 0 Å². The molecule has 0 radical (unpaired) electrons. The summed E-state index contributed by atoms with van der Waals surface area (Å²) in [6.07, 6.45) is 3.13. The highest BCUT2D eigenvalue weighted by atomic mass is 16.6. The van der Waals surface area contributed by atoms with Gasteiger partial charge in [-0.2, -0.15) is 0 Å². The molecule has 3 atom stereocenters. The second kappa shape index (κ2) is 14.2. The number of carbonyl (C=O) groups is 3. The molecule has 0 heterocycles. The molecule has 8 heteroatoms. The van der Waals surface area contributed by atoms with Gasteiger partial charge in [0.05, 0.1) is 13.2 Å². The van der Waals surface area contributed by atoms with Crippen LogP contribution in [0.4, 0.5) is 10.5 Å². The quantitative estimate of drug-likeness (QED) is 0.355. The zero-order chi connectivity index (χ0) is 28.3. The fraction of sp³-hybridized carbons (Fsp3) is 0.433. The highest BCUT2D eigenvalue weighted by Crippen LogP contribution is 2.17. The number of amides is 3. The molecule has 0 saturated carbocycles. The van der Waals surface area contributed by atoms with Crippen molar-refractivity contribution in [3.8, 4) is 5.75 Å². The van der Waals surface area contributed by atoms with E-state index < -0.39 is 23.8 Å². The van der Waals surface area contributed by atoms with Crippen LogP contribution in [0, 0.1) is 11.8 Å². The van der Waals surface area contributed by atoms with Gasteiger partial charge in [0.25, 0.3) is 0 Å². The second-order valence-corrected chi connectivity index (χ2v) is 10.6. The van der Waals surface area contributed by atoms with Gasteiger partial charge in [-0.15, -0.1) is 0 Å². The molecule has 0 aliphatic carbocycles. The Balaban J connectivity index is 2.18. The Morgan fingerprint density at radius 3 is 2.11 bits per heavy atom. The summed E-state index contributed by atoms with van der Waals surface area (Å²) in [7, 11) is 1.58. The molecule has 2 unspecified atom stereocenters. The summed E-state index contributed by atoms with van der Waals surface area (Å²) in [6.45, 7) is 11.0. The maximum Gasteiger partial charge on any atom is 0.408 e. The molecule has 2 rings (SSSR count). The number of methoxy groups -OCH3 is 1. The maximum atomic E-state index is 13.3. The number of alkyl carbamates (subject to hydrolysis) is 1. The maximum absolute atomic E-state index is 13.3. The van der Waals surface area contributed by atoms with Gasteiger partial charge in [-0.05, 0) is 68.9 Å². The summed E-state index contributed by atoms with van der Waals surface area (Å²) in [5.74, 6) is -0.212. The molecule has 3 amide bonds. The minimum atomic E-state index is -0.808. The van der Waals surface area contributed by atoms with Crippen LogP contribution in [0.1, 0.15) is 47.1 Å². The van der Waals surface area contributed by atoms with Crippen LogP contribution >= 0.6 is 0 Å². The first-order valence-electron chi connectivity index (χ1n) is 12.8. The zero-order valence-electron chi connectivity index (χ0n) is 23.4. The first kappa shape index (κ1) is 30.4. The van der Waals surface area contributed by atoms with Gasteiger partial charge in [-0.25, -0.2) is 4.79 Å². The average molecular weight is 524 g/mol. The largest absolute Gasteiger partial charge is 0.497 e. The molecule has 0 bridgehead atoms. The summed E-state index contributed by atoms with van der Waals surface area (Å²) in [5.41, 5.74) is 1.05. The first-order chi connectivity index (χ1) is 17.9. The van der Waals surface area contributed by atoms with E-state index in [-0.39, 0.29) is 23.7 Å². The molecule has 0 saturated heterocycles. The normalized spacial score (nSPS) is 13.9. The van der Waals surface area contributed by atoms with Crippen molar-refractivity contribution in [1.82, 2.24) is 10.6 Å². The number of rotatable bonds is 11. The number of hydrogen-bond acceptors (Lipinski definition) is 5. The molecule has 8 nitrogen and oxygen atoms in total. The van der Waals surface area contributed by atoms with E-state index >= 15 is 0 Å². The molecule has 0 fully saturated rings. The van der Waals surface area contributed by atoms with Gasteiger partial charge in [-0.3, -0.25) is 9.59 Å². The van der Waals surface area contributed by atoms with Crippen molar-refractivity contribution in [1.29, 1.82) is 0 Å². The van der Waals surface area contributed by atoms with Crippen molar-refractivity contribution in [2.24, 2.45) is 11.8 Å². The lowest BCUT2D eigenvalue weighted by molar-refractivity contribution is -0.125. The number of anilines is 1. The standard InChI is InChI=1S/C30H41N3O5/c1-20(2)27(33-29(36)38-30(4,5)6)28(35)32-25(21(3)19-22-11-9-8-10-12-22)17-18-26(34)31-23-13-15-24(37-7)16-14-23/h8-18,20-21,25,27H,19H2,1-7H3,(H,31,34)(H,32,35)(H,33,36)/b18-17+/t21?,25-,27?/m1/s1. The van der Waals surface area contributed by atoms with Gasteiger partial charge >= 0.3 is 6.09 Å². The predicted octanol–water partition coefficient (Wildman–Crippen LogP) is 5.10. The van der Waals surface area contributed by atoms with Crippen LogP contribution in [-0.4, -0.2) is 42.7 Å². The predicted molar refractivity (Wildman–Crippen MR) is 150 cm³/mol. The minimum absolute atomic E-state index is 0.0410. The summed E-state index contributed by atoms with van der Waals surface area (Å²) < 4.78 is 10.5. The Morgan fingerprint density at radius 1 is 0.921 bits per heavy atom. The van der Waals surface area contributed by atoms with E-state index in [4.69, 9.17) is 9.47 Å².